The summed E-state index contributed by atoms with van der Waals surface area (Å²) in [6.07, 6.45) is 0. The van der Waals surface area contributed by atoms with Crippen LogP contribution < -0.4 is 10.1 Å². The summed E-state index contributed by atoms with van der Waals surface area (Å²) in [6, 6.07) is 12.9. The SMILES string of the molecule is Cc1cc(C)cc(OCC(=O)N(Cc2ccc(Br)cc2)[C@@H](C)C(=O)NC(C)(C)C)c1. The van der Waals surface area contributed by atoms with Crippen molar-refractivity contribution in [3.63, 3.8) is 0 Å². The van der Waals surface area contributed by atoms with Gasteiger partial charge in [0.2, 0.25) is 5.91 Å². The number of hydrogen-bond donors (Lipinski definition) is 1. The topological polar surface area (TPSA) is 58.6 Å². The standard InChI is InChI=1S/C24H31BrN2O3/c1-16-11-17(2)13-21(12-16)30-15-22(28)27(14-19-7-9-20(25)10-8-19)18(3)23(29)26-24(4,5)6/h7-13,18H,14-15H2,1-6H3,(H,26,29)/t18-/m0/s1. The fourth-order valence-electron chi connectivity index (χ4n) is 3.09. The number of benzene rings is 2. The fourth-order valence-corrected chi connectivity index (χ4v) is 3.35. The maximum atomic E-state index is 13.1. The first kappa shape index (κ1) is 23.9. The summed E-state index contributed by atoms with van der Waals surface area (Å²) in [4.78, 5) is 27.4. The molecule has 6 heteroatoms. The normalized spacial score (nSPS) is 12.2. The first-order chi connectivity index (χ1) is 13.9. The summed E-state index contributed by atoms with van der Waals surface area (Å²) in [5, 5.41) is 2.96. The van der Waals surface area contributed by atoms with Crippen molar-refractivity contribution in [2.24, 2.45) is 0 Å². The number of halogens is 1. The molecule has 2 amide bonds. The Labute approximate surface area is 187 Å². The highest BCUT2D eigenvalue weighted by Crippen LogP contribution is 2.18. The van der Waals surface area contributed by atoms with E-state index in [9.17, 15) is 9.59 Å². The van der Waals surface area contributed by atoms with Gasteiger partial charge >= 0.3 is 0 Å². The molecule has 0 spiro atoms. The second kappa shape index (κ2) is 10.1. The molecule has 0 aliphatic carbocycles. The number of nitrogens with one attached hydrogen (secondary N) is 1. The van der Waals surface area contributed by atoms with Gasteiger partial charge in [-0.05, 0) is 82.5 Å². The lowest BCUT2D eigenvalue weighted by Crippen LogP contribution is -2.53. The van der Waals surface area contributed by atoms with Gasteiger partial charge in [-0.15, -0.1) is 0 Å². The molecule has 162 valence electrons. The van der Waals surface area contributed by atoms with E-state index in [0.29, 0.717) is 12.3 Å². The number of carbonyl (C=O) groups excluding carboxylic acids is 2. The lowest BCUT2D eigenvalue weighted by molar-refractivity contribution is -0.142. The van der Waals surface area contributed by atoms with Crippen LogP contribution in [-0.2, 0) is 16.1 Å². The van der Waals surface area contributed by atoms with Crippen molar-refractivity contribution < 1.29 is 14.3 Å². The summed E-state index contributed by atoms with van der Waals surface area (Å²) >= 11 is 3.42. The Kier molecular flexibility index (Phi) is 8.07. The molecule has 0 radical (unpaired) electrons. The van der Waals surface area contributed by atoms with Crippen LogP contribution in [0.3, 0.4) is 0 Å². The molecule has 0 unspecified atom stereocenters. The largest absolute Gasteiger partial charge is 0.484 e. The summed E-state index contributed by atoms with van der Waals surface area (Å²) in [5.41, 5.74) is 2.70. The fraction of sp³-hybridized carbons (Fsp3) is 0.417. The minimum Gasteiger partial charge on any atom is -0.484 e. The van der Waals surface area contributed by atoms with Crippen molar-refractivity contribution >= 4 is 27.7 Å². The third kappa shape index (κ3) is 7.48. The van der Waals surface area contributed by atoms with Gasteiger partial charge in [0.1, 0.15) is 11.8 Å². The molecule has 2 aromatic carbocycles. The van der Waals surface area contributed by atoms with Crippen molar-refractivity contribution in [1.29, 1.82) is 0 Å². The third-order valence-corrected chi connectivity index (χ3v) is 5.02. The van der Waals surface area contributed by atoms with Crippen LogP contribution in [-0.4, -0.2) is 34.9 Å². The van der Waals surface area contributed by atoms with Gasteiger partial charge in [-0.2, -0.15) is 0 Å². The van der Waals surface area contributed by atoms with E-state index < -0.39 is 6.04 Å². The van der Waals surface area contributed by atoms with Crippen molar-refractivity contribution in [2.75, 3.05) is 6.61 Å². The van der Waals surface area contributed by atoms with E-state index >= 15 is 0 Å². The molecule has 1 N–H and O–H groups in total. The van der Waals surface area contributed by atoms with Crippen LogP contribution in [0, 0.1) is 13.8 Å². The number of carbonyl (C=O) groups is 2. The quantitative estimate of drug-likeness (QED) is 0.628. The van der Waals surface area contributed by atoms with Gasteiger partial charge in [-0.3, -0.25) is 9.59 Å². The molecule has 5 nitrogen and oxygen atoms in total. The average Bonchev–Trinajstić information content (AvgIpc) is 2.63. The van der Waals surface area contributed by atoms with E-state index in [1.54, 1.807) is 11.8 Å². The molecule has 0 fully saturated rings. The molecular formula is C24H31BrN2O3. The van der Waals surface area contributed by atoms with Crippen LogP contribution in [0.15, 0.2) is 46.9 Å². The Morgan fingerprint density at radius 3 is 2.17 bits per heavy atom. The van der Waals surface area contributed by atoms with Crippen LogP contribution in [0.1, 0.15) is 44.4 Å². The maximum absolute atomic E-state index is 13.1. The molecule has 0 saturated heterocycles. The number of nitrogens with zero attached hydrogens (tertiary/aromatic N) is 1. The van der Waals surface area contributed by atoms with Gasteiger partial charge in [0.05, 0.1) is 0 Å². The van der Waals surface area contributed by atoms with Crippen LogP contribution in [0.4, 0.5) is 0 Å². The minimum absolute atomic E-state index is 0.132. The van der Waals surface area contributed by atoms with Crippen molar-refractivity contribution in [2.45, 2.75) is 59.7 Å². The van der Waals surface area contributed by atoms with Gasteiger partial charge in [-0.25, -0.2) is 0 Å². The summed E-state index contributed by atoms with van der Waals surface area (Å²) < 4.78 is 6.73. The second-order valence-electron chi connectivity index (χ2n) is 8.68. The zero-order valence-corrected chi connectivity index (χ0v) is 20.2. The number of hydrogen-bond acceptors (Lipinski definition) is 3. The lowest BCUT2D eigenvalue weighted by Gasteiger charge is -2.31. The van der Waals surface area contributed by atoms with E-state index in [1.165, 1.54) is 0 Å². The number of amides is 2. The summed E-state index contributed by atoms with van der Waals surface area (Å²) in [7, 11) is 0. The second-order valence-corrected chi connectivity index (χ2v) is 9.59. The summed E-state index contributed by atoms with van der Waals surface area (Å²) in [5.74, 6) is 0.212. The van der Waals surface area contributed by atoms with Crippen molar-refractivity contribution in [1.82, 2.24) is 10.2 Å². The first-order valence-electron chi connectivity index (χ1n) is 10.0. The Bertz CT molecular complexity index is 868. The maximum Gasteiger partial charge on any atom is 0.261 e. The zero-order chi connectivity index (χ0) is 22.5. The Morgan fingerprint density at radius 2 is 1.63 bits per heavy atom. The van der Waals surface area contributed by atoms with Gasteiger partial charge in [0, 0.05) is 16.6 Å². The number of rotatable bonds is 7. The first-order valence-corrected chi connectivity index (χ1v) is 10.8. The smallest absolute Gasteiger partial charge is 0.261 e. The third-order valence-electron chi connectivity index (χ3n) is 4.49. The lowest BCUT2D eigenvalue weighted by atomic mass is 10.1. The highest BCUT2D eigenvalue weighted by atomic mass is 79.9. The van der Waals surface area contributed by atoms with Gasteiger partial charge < -0.3 is 15.0 Å². The predicted octanol–water partition coefficient (Wildman–Crippen LogP) is 4.78. The zero-order valence-electron chi connectivity index (χ0n) is 18.6. The average molecular weight is 475 g/mol. The van der Waals surface area contributed by atoms with E-state index in [2.05, 4.69) is 21.2 Å². The molecule has 0 saturated carbocycles. The van der Waals surface area contributed by atoms with E-state index in [0.717, 1.165) is 21.2 Å². The molecule has 2 rings (SSSR count). The number of ether oxygens (including phenoxy) is 1. The van der Waals surface area contributed by atoms with Gasteiger partial charge in [-0.1, -0.05) is 34.1 Å². The Balaban J connectivity index is 2.18. The molecule has 0 bridgehead atoms. The van der Waals surface area contributed by atoms with Crippen LogP contribution in [0.25, 0.3) is 0 Å². The molecule has 0 aliphatic heterocycles. The van der Waals surface area contributed by atoms with Crippen molar-refractivity contribution in [3.8, 4) is 5.75 Å². The molecule has 2 aromatic rings. The van der Waals surface area contributed by atoms with E-state index in [1.807, 2.05) is 77.1 Å². The van der Waals surface area contributed by atoms with E-state index in [-0.39, 0.29) is 24.0 Å². The summed E-state index contributed by atoms with van der Waals surface area (Å²) in [6.45, 7) is 11.7. The Morgan fingerprint density at radius 1 is 1.07 bits per heavy atom. The monoisotopic (exact) mass is 474 g/mol. The Hall–Kier alpha value is -2.34. The molecule has 0 heterocycles. The van der Waals surface area contributed by atoms with Gasteiger partial charge in [0.15, 0.2) is 6.61 Å². The molecular weight excluding hydrogens is 444 g/mol. The minimum atomic E-state index is -0.636. The highest BCUT2D eigenvalue weighted by molar-refractivity contribution is 9.10. The predicted molar refractivity (Wildman–Crippen MR) is 123 cm³/mol. The number of aryl methyl sites for hydroxylation is 2. The van der Waals surface area contributed by atoms with Gasteiger partial charge in [0.25, 0.3) is 5.91 Å². The highest BCUT2D eigenvalue weighted by Gasteiger charge is 2.28. The van der Waals surface area contributed by atoms with Crippen LogP contribution in [0.5, 0.6) is 5.75 Å². The van der Waals surface area contributed by atoms with Crippen LogP contribution in [0.2, 0.25) is 0 Å². The van der Waals surface area contributed by atoms with Crippen molar-refractivity contribution in [3.05, 3.63) is 63.6 Å². The van der Waals surface area contributed by atoms with E-state index in [4.69, 9.17) is 4.74 Å². The van der Waals surface area contributed by atoms with Crippen LogP contribution >= 0.6 is 15.9 Å². The molecule has 0 aliphatic rings. The molecule has 1 atom stereocenters. The molecule has 0 aromatic heterocycles. The molecule has 30 heavy (non-hydrogen) atoms.